The van der Waals surface area contributed by atoms with Crippen LogP contribution in [0.5, 0.6) is 0 Å². The van der Waals surface area contributed by atoms with Crippen LogP contribution in [0, 0.1) is 0 Å². The first-order valence-corrected chi connectivity index (χ1v) is 21.7. The maximum absolute atomic E-state index is 12.2. The highest BCUT2D eigenvalue weighted by molar-refractivity contribution is 5.60. The Balaban J connectivity index is 3.92. The number of aliphatic hydroxyl groups excluding tert-OH is 1. The molecule has 0 saturated carbocycles. The smallest absolute Gasteiger partial charge is 0.434 e. The second-order valence-electron chi connectivity index (χ2n) is 14.4. The topological polar surface area (TPSA) is 97.8 Å². The third-order valence-corrected chi connectivity index (χ3v) is 9.59. The number of aliphatic hydroxyl groups is 1. The van der Waals surface area contributed by atoms with E-state index in [4.69, 9.17) is 18.9 Å². The molecular formula is C42H84N2O7. The maximum Gasteiger partial charge on any atom is 0.508 e. The van der Waals surface area contributed by atoms with Gasteiger partial charge in [0.1, 0.15) is 6.61 Å². The molecule has 9 nitrogen and oxygen atoms in total. The monoisotopic (exact) mass is 729 g/mol. The van der Waals surface area contributed by atoms with Crippen LogP contribution in [-0.4, -0.2) is 99.5 Å². The Labute approximate surface area is 315 Å². The fraction of sp³-hybridized carbons (Fsp3) is 0.952. The van der Waals surface area contributed by atoms with E-state index in [0.717, 1.165) is 84.1 Å². The molecule has 0 amide bonds. The standard InChI is InChI=1S/C42H84N2O7/c1-4-7-10-13-16-17-20-27-37-48-41(46)49-38-28-21-25-30-43(34-36-45)31-26-22-29-39-50-42(47)51-40-35-44(32-23-18-14-11-8-5-2)33-24-19-15-12-9-6-3/h45H,4-40H2,1-3H3. The van der Waals surface area contributed by atoms with Gasteiger partial charge in [-0.15, -0.1) is 0 Å². The van der Waals surface area contributed by atoms with Gasteiger partial charge in [0.15, 0.2) is 0 Å². The molecular weight excluding hydrogens is 644 g/mol. The summed E-state index contributed by atoms with van der Waals surface area (Å²) in [6.07, 6.45) is 29.6. The average Bonchev–Trinajstić information content (AvgIpc) is 3.12. The van der Waals surface area contributed by atoms with Gasteiger partial charge >= 0.3 is 12.3 Å². The fourth-order valence-electron chi connectivity index (χ4n) is 6.32. The molecule has 0 radical (unpaired) electrons. The molecule has 0 spiro atoms. The van der Waals surface area contributed by atoms with E-state index in [1.807, 2.05) is 0 Å². The zero-order valence-electron chi connectivity index (χ0n) is 34.0. The predicted molar refractivity (Wildman–Crippen MR) is 212 cm³/mol. The van der Waals surface area contributed by atoms with Gasteiger partial charge in [-0.1, -0.05) is 130 Å². The third kappa shape index (κ3) is 38.0. The number of ether oxygens (including phenoxy) is 4. The number of carbonyl (C=O) groups excluding carboxylic acids is 2. The second-order valence-corrected chi connectivity index (χ2v) is 14.4. The molecule has 0 aromatic heterocycles. The normalized spacial score (nSPS) is 11.4. The summed E-state index contributed by atoms with van der Waals surface area (Å²) in [6, 6.07) is 0. The molecule has 0 atom stereocenters. The quantitative estimate of drug-likeness (QED) is 0.0488. The van der Waals surface area contributed by atoms with Crippen LogP contribution in [-0.2, 0) is 18.9 Å². The van der Waals surface area contributed by atoms with Crippen LogP contribution in [0.15, 0.2) is 0 Å². The molecule has 304 valence electrons. The highest BCUT2D eigenvalue weighted by Crippen LogP contribution is 2.11. The molecule has 0 aromatic rings. The van der Waals surface area contributed by atoms with Crippen LogP contribution in [0.1, 0.15) is 188 Å². The van der Waals surface area contributed by atoms with Crippen molar-refractivity contribution in [3.63, 3.8) is 0 Å². The Kier molecular flexibility index (Phi) is 39.9. The lowest BCUT2D eigenvalue weighted by atomic mass is 10.1. The first kappa shape index (κ1) is 49.4. The summed E-state index contributed by atoms with van der Waals surface area (Å²) in [5.41, 5.74) is 0. The van der Waals surface area contributed by atoms with Crippen molar-refractivity contribution in [3.8, 4) is 0 Å². The molecule has 9 heteroatoms. The molecule has 0 aliphatic carbocycles. The van der Waals surface area contributed by atoms with E-state index in [1.54, 1.807) is 0 Å². The van der Waals surface area contributed by atoms with Crippen molar-refractivity contribution < 1.29 is 33.6 Å². The van der Waals surface area contributed by atoms with E-state index in [2.05, 4.69) is 30.6 Å². The minimum absolute atomic E-state index is 0.137. The average molecular weight is 729 g/mol. The molecule has 0 aromatic carbocycles. The molecule has 51 heavy (non-hydrogen) atoms. The number of rotatable bonds is 40. The van der Waals surface area contributed by atoms with E-state index in [0.29, 0.717) is 33.0 Å². The van der Waals surface area contributed by atoms with E-state index in [-0.39, 0.29) is 6.61 Å². The Morgan fingerprint density at radius 1 is 0.353 bits per heavy atom. The number of carbonyl (C=O) groups is 2. The summed E-state index contributed by atoms with van der Waals surface area (Å²) >= 11 is 0. The molecule has 0 saturated heterocycles. The molecule has 0 aliphatic heterocycles. The maximum atomic E-state index is 12.2. The van der Waals surface area contributed by atoms with Crippen LogP contribution in [0.2, 0.25) is 0 Å². The Bertz CT molecular complexity index is 711. The molecule has 0 unspecified atom stereocenters. The SMILES string of the molecule is CCCCCCCCCCOC(=O)OCCCCCN(CCO)CCCCCOC(=O)OCCN(CCCCCCCC)CCCCCCCC. The first-order valence-electron chi connectivity index (χ1n) is 21.7. The molecule has 1 N–H and O–H groups in total. The third-order valence-electron chi connectivity index (χ3n) is 9.59. The zero-order valence-corrected chi connectivity index (χ0v) is 34.0. The molecule has 0 aliphatic rings. The van der Waals surface area contributed by atoms with Crippen LogP contribution in [0.4, 0.5) is 9.59 Å². The van der Waals surface area contributed by atoms with Gasteiger partial charge in [-0.2, -0.15) is 0 Å². The van der Waals surface area contributed by atoms with Gasteiger partial charge in [0, 0.05) is 13.1 Å². The number of unbranched alkanes of at least 4 members (excludes halogenated alkanes) is 21. The number of hydrogen-bond acceptors (Lipinski definition) is 9. The minimum atomic E-state index is -0.559. The summed E-state index contributed by atoms with van der Waals surface area (Å²) in [5.74, 6) is 0. The highest BCUT2D eigenvalue weighted by Gasteiger charge is 2.10. The van der Waals surface area contributed by atoms with Gasteiger partial charge in [0.2, 0.25) is 0 Å². The summed E-state index contributed by atoms with van der Waals surface area (Å²) in [7, 11) is 0. The zero-order chi connectivity index (χ0) is 37.3. The van der Waals surface area contributed by atoms with Crippen molar-refractivity contribution in [2.75, 3.05) is 72.3 Å². The summed E-state index contributed by atoms with van der Waals surface area (Å²) in [4.78, 5) is 28.7. The first-order chi connectivity index (χ1) is 25.1. The summed E-state index contributed by atoms with van der Waals surface area (Å²) in [5, 5.41) is 9.48. The lowest BCUT2D eigenvalue weighted by Gasteiger charge is -2.22. The van der Waals surface area contributed by atoms with Crippen molar-refractivity contribution >= 4 is 12.3 Å². The Morgan fingerprint density at radius 3 is 0.980 bits per heavy atom. The van der Waals surface area contributed by atoms with Gasteiger partial charge in [-0.05, 0) is 84.0 Å². The predicted octanol–water partition coefficient (Wildman–Crippen LogP) is 11.1. The molecule has 0 bridgehead atoms. The largest absolute Gasteiger partial charge is 0.508 e. The van der Waals surface area contributed by atoms with Crippen LogP contribution in [0.25, 0.3) is 0 Å². The highest BCUT2D eigenvalue weighted by atomic mass is 16.7. The van der Waals surface area contributed by atoms with E-state index in [9.17, 15) is 14.7 Å². The van der Waals surface area contributed by atoms with E-state index >= 15 is 0 Å². The van der Waals surface area contributed by atoms with Crippen molar-refractivity contribution in [1.82, 2.24) is 9.80 Å². The van der Waals surface area contributed by atoms with Crippen molar-refractivity contribution in [2.24, 2.45) is 0 Å². The van der Waals surface area contributed by atoms with Crippen molar-refractivity contribution in [2.45, 2.75) is 188 Å². The van der Waals surface area contributed by atoms with Gasteiger partial charge in [-0.3, -0.25) is 4.90 Å². The Hall–Kier alpha value is -1.58. The Morgan fingerprint density at radius 2 is 0.627 bits per heavy atom. The lowest BCUT2D eigenvalue weighted by Crippen LogP contribution is -2.30. The van der Waals surface area contributed by atoms with Crippen molar-refractivity contribution in [3.05, 3.63) is 0 Å². The van der Waals surface area contributed by atoms with Crippen LogP contribution in [0.3, 0.4) is 0 Å². The van der Waals surface area contributed by atoms with E-state index < -0.39 is 12.3 Å². The second kappa shape index (κ2) is 41.2. The summed E-state index contributed by atoms with van der Waals surface area (Å²) in [6.45, 7) is 13.9. The van der Waals surface area contributed by atoms with Gasteiger partial charge in [-0.25, -0.2) is 9.59 Å². The number of nitrogens with zero attached hydrogens (tertiary/aromatic N) is 2. The van der Waals surface area contributed by atoms with Gasteiger partial charge < -0.3 is 29.0 Å². The molecule has 0 rings (SSSR count). The lowest BCUT2D eigenvalue weighted by molar-refractivity contribution is 0.0463. The minimum Gasteiger partial charge on any atom is -0.434 e. The summed E-state index contributed by atoms with van der Waals surface area (Å²) < 4.78 is 21.2. The molecule has 0 fully saturated rings. The molecule has 0 heterocycles. The number of hydrogen-bond donors (Lipinski definition) is 1. The van der Waals surface area contributed by atoms with E-state index in [1.165, 1.54) is 116 Å². The van der Waals surface area contributed by atoms with Crippen molar-refractivity contribution in [1.29, 1.82) is 0 Å². The fourth-order valence-corrected chi connectivity index (χ4v) is 6.32. The van der Waals surface area contributed by atoms with Crippen LogP contribution < -0.4 is 0 Å². The van der Waals surface area contributed by atoms with Gasteiger partial charge in [0.25, 0.3) is 0 Å². The van der Waals surface area contributed by atoms with Crippen LogP contribution >= 0.6 is 0 Å². The van der Waals surface area contributed by atoms with Gasteiger partial charge in [0.05, 0.1) is 26.4 Å².